The van der Waals surface area contributed by atoms with Crippen molar-refractivity contribution in [2.45, 2.75) is 90.0 Å². The Morgan fingerprint density at radius 1 is 0.607 bits per heavy atom. The summed E-state index contributed by atoms with van der Waals surface area (Å²) in [5.41, 5.74) is 6.36. The molecule has 14 nitrogen and oxygen atoms in total. The number of nitrogens with zero attached hydrogens (tertiary/aromatic N) is 4. The average Bonchev–Trinajstić information content (AvgIpc) is 3.90. The Labute approximate surface area is 336 Å². The Kier molecular flexibility index (Phi) is 16.8. The molecule has 0 spiro atoms. The van der Waals surface area contributed by atoms with Gasteiger partial charge in [-0.3, -0.25) is 9.59 Å². The topological polar surface area (TPSA) is 189 Å². The zero-order valence-corrected chi connectivity index (χ0v) is 34.3. The number of aliphatic hydroxyl groups is 2. The van der Waals surface area contributed by atoms with E-state index in [2.05, 4.69) is 31.2 Å². The average molecular weight is 807 g/mol. The molecule has 0 radical (unpaired) electrons. The summed E-state index contributed by atoms with van der Waals surface area (Å²) < 4.78 is 0. The zero-order valence-electron chi connectivity index (χ0n) is 32.7. The standard InChI is InChI=1S/C40H54N8O6S2/c1-25(2)33(45-39(53)47(5)19-29-21-55-23-41-29)37(51)43-31(17-27-13-9-7-10-14-27)35(49)36(50)32(18-28-15-11-8-12-16-28)44-38(52)34(26(3)4)46-40(54)48(6)20-30-22-56-24-42-30/h7-16,21-26,31-36,49-50H,17-20H2,1-6H3,(H,43,51)(H,44,52)(H,45,53)(H,46,54)/t31-,32-,33?,34?,35+,36+/m0/s1. The lowest BCUT2D eigenvalue weighted by atomic mass is 9.90. The number of thiazole rings is 2. The molecule has 2 unspecified atom stereocenters. The second-order valence-corrected chi connectivity index (χ2v) is 16.0. The number of carbonyl (C=O) groups excluding carboxylic acids is 4. The highest BCUT2D eigenvalue weighted by Crippen LogP contribution is 2.17. The lowest BCUT2D eigenvalue weighted by Crippen LogP contribution is -2.62. The van der Waals surface area contributed by atoms with Crippen LogP contribution in [-0.4, -0.2) is 104 Å². The van der Waals surface area contributed by atoms with Crippen LogP contribution in [0.5, 0.6) is 0 Å². The molecule has 0 fully saturated rings. The van der Waals surface area contributed by atoms with E-state index in [-0.39, 0.29) is 37.8 Å². The van der Waals surface area contributed by atoms with E-state index in [9.17, 15) is 29.4 Å². The molecule has 6 amide bonds. The Morgan fingerprint density at radius 3 is 1.27 bits per heavy atom. The number of hydrogen-bond acceptors (Lipinski definition) is 10. The van der Waals surface area contributed by atoms with Gasteiger partial charge in [0.25, 0.3) is 0 Å². The van der Waals surface area contributed by atoms with E-state index in [4.69, 9.17) is 0 Å². The second-order valence-electron chi connectivity index (χ2n) is 14.6. The van der Waals surface area contributed by atoms with Gasteiger partial charge in [0.1, 0.15) is 24.3 Å². The molecule has 302 valence electrons. The summed E-state index contributed by atoms with van der Waals surface area (Å²) in [7, 11) is 3.22. The first-order chi connectivity index (χ1) is 26.7. The fourth-order valence-corrected chi connectivity index (χ4v) is 7.19. The molecule has 4 rings (SSSR count). The summed E-state index contributed by atoms with van der Waals surface area (Å²) in [5.74, 6) is -1.76. The summed E-state index contributed by atoms with van der Waals surface area (Å²) in [4.78, 5) is 65.7. The summed E-state index contributed by atoms with van der Waals surface area (Å²) in [6, 6.07) is 13.4. The molecule has 56 heavy (non-hydrogen) atoms. The lowest BCUT2D eigenvalue weighted by Gasteiger charge is -2.35. The van der Waals surface area contributed by atoms with Crippen LogP contribution in [0.3, 0.4) is 0 Å². The fourth-order valence-electron chi connectivity index (χ4n) is 6.09. The third-order valence-electron chi connectivity index (χ3n) is 9.34. The number of amides is 6. The number of nitrogens with one attached hydrogen (secondary N) is 4. The third kappa shape index (κ3) is 13.1. The number of rotatable bonds is 19. The van der Waals surface area contributed by atoms with Crippen molar-refractivity contribution in [3.8, 4) is 0 Å². The number of urea groups is 2. The molecule has 0 bridgehead atoms. The normalized spacial score (nSPS) is 14.5. The largest absolute Gasteiger partial charge is 0.388 e. The van der Waals surface area contributed by atoms with Crippen molar-refractivity contribution in [1.29, 1.82) is 0 Å². The van der Waals surface area contributed by atoms with E-state index >= 15 is 0 Å². The van der Waals surface area contributed by atoms with Crippen LogP contribution in [0.1, 0.15) is 50.2 Å². The van der Waals surface area contributed by atoms with E-state index in [1.807, 2.05) is 71.4 Å². The van der Waals surface area contributed by atoms with E-state index in [0.29, 0.717) is 0 Å². The van der Waals surface area contributed by atoms with Crippen LogP contribution in [0.2, 0.25) is 0 Å². The van der Waals surface area contributed by atoms with Crippen molar-refractivity contribution >= 4 is 46.6 Å². The molecule has 2 aromatic carbocycles. The van der Waals surface area contributed by atoms with Crippen molar-refractivity contribution in [3.63, 3.8) is 0 Å². The molecule has 0 aliphatic rings. The molecule has 0 saturated carbocycles. The van der Waals surface area contributed by atoms with Crippen LogP contribution in [0.15, 0.2) is 82.4 Å². The number of benzene rings is 2. The number of carbonyl (C=O) groups is 4. The number of hydrogen-bond donors (Lipinski definition) is 6. The van der Waals surface area contributed by atoms with Crippen LogP contribution in [0.25, 0.3) is 0 Å². The first-order valence-electron chi connectivity index (χ1n) is 18.6. The maximum atomic E-state index is 14.0. The molecular weight excluding hydrogens is 753 g/mol. The maximum Gasteiger partial charge on any atom is 0.318 e. The first-order valence-corrected chi connectivity index (χ1v) is 20.4. The van der Waals surface area contributed by atoms with Crippen LogP contribution >= 0.6 is 22.7 Å². The molecule has 0 saturated heterocycles. The molecule has 2 aromatic heterocycles. The van der Waals surface area contributed by atoms with Crippen molar-refractivity contribution in [1.82, 2.24) is 41.0 Å². The van der Waals surface area contributed by atoms with Crippen LogP contribution < -0.4 is 21.3 Å². The smallest absolute Gasteiger partial charge is 0.318 e. The van der Waals surface area contributed by atoms with Gasteiger partial charge in [0.2, 0.25) is 11.8 Å². The Morgan fingerprint density at radius 2 is 0.964 bits per heavy atom. The molecule has 4 aromatic rings. The summed E-state index contributed by atoms with van der Waals surface area (Å²) in [5, 5.41) is 39.1. The lowest BCUT2D eigenvalue weighted by molar-refractivity contribution is -0.129. The summed E-state index contributed by atoms with van der Waals surface area (Å²) >= 11 is 2.84. The zero-order chi connectivity index (χ0) is 40.8. The Bertz CT molecular complexity index is 1670. The SMILES string of the molecule is CC(C)C(NC(=O)N(C)Cc1cscn1)C(=O)N[C@@H](Cc1ccccc1)[C@@H](O)[C@H](O)[C@H](Cc1ccccc1)NC(=O)C(NC(=O)N(C)Cc1cscn1)C(C)C. The Balaban J connectivity index is 1.56. The predicted octanol–water partition coefficient (Wildman–Crippen LogP) is 3.81. The minimum absolute atomic E-state index is 0.134. The van der Waals surface area contributed by atoms with Crippen molar-refractivity contribution < 1.29 is 29.4 Å². The van der Waals surface area contributed by atoms with Crippen molar-refractivity contribution in [2.24, 2.45) is 11.8 Å². The monoisotopic (exact) mass is 806 g/mol. The van der Waals surface area contributed by atoms with Gasteiger partial charge in [-0.15, -0.1) is 22.7 Å². The third-order valence-corrected chi connectivity index (χ3v) is 10.6. The van der Waals surface area contributed by atoms with Crippen molar-refractivity contribution in [2.75, 3.05) is 14.1 Å². The van der Waals surface area contributed by atoms with Gasteiger partial charge in [-0.2, -0.15) is 0 Å². The number of aliphatic hydroxyl groups excluding tert-OH is 2. The van der Waals surface area contributed by atoms with Gasteiger partial charge in [0.15, 0.2) is 0 Å². The van der Waals surface area contributed by atoms with Gasteiger partial charge >= 0.3 is 12.1 Å². The molecular formula is C40H54N8O6S2. The van der Waals surface area contributed by atoms with Crippen LogP contribution in [0, 0.1) is 11.8 Å². The van der Waals surface area contributed by atoms with Gasteiger partial charge < -0.3 is 41.3 Å². The number of aromatic nitrogens is 2. The highest BCUT2D eigenvalue weighted by Gasteiger charge is 2.38. The predicted molar refractivity (Wildman–Crippen MR) is 218 cm³/mol. The minimum Gasteiger partial charge on any atom is -0.388 e. The van der Waals surface area contributed by atoms with E-state index in [1.165, 1.54) is 32.5 Å². The van der Waals surface area contributed by atoms with Crippen LogP contribution in [0.4, 0.5) is 9.59 Å². The first kappa shape index (κ1) is 43.8. The van der Waals surface area contributed by atoms with E-state index in [1.54, 1.807) is 52.8 Å². The van der Waals surface area contributed by atoms with Gasteiger partial charge in [0, 0.05) is 24.9 Å². The van der Waals surface area contributed by atoms with Gasteiger partial charge in [-0.05, 0) is 35.8 Å². The van der Waals surface area contributed by atoms with Gasteiger partial charge in [-0.25, -0.2) is 19.6 Å². The minimum atomic E-state index is -1.58. The quantitative estimate of drug-likeness (QED) is 0.0826. The molecule has 16 heteroatoms. The Hall–Kier alpha value is -4.90. The van der Waals surface area contributed by atoms with Gasteiger partial charge in [0.05, 0.1) is 47.6 Å². The molecule has 0 aliphatic carbocycles. The van der Waals surface area contributed by atoms with E-state index < -0.39 is 60.3 Å². The molecule has 6 N–H and O–H groups in total. The molecule has 2 heterocycles. The second kappa shape index (κ2) is 21.4. The highest BCUT2D eigenvalue weighted by molar-refractivity contribution is 7.07. The van der Waals surface area contributed by atoms with E-state index in [0.717, 1.165) is 22.5 Å². The highest BCUT2D eigenvalue weighted by atomic mass is 32.1. The van der Waals surface area contributed by atoms with Crippen molar-refractivity contribution in [3.05, 3.63) is 105 Å². The summed E-state index contributed by atoms with van der Waals surface area (Å²) in [6.45, 7) is 7.71. The van der Waals surface area contributed by atoms with Crippen LogP contribution in [-0.2, 0) is 35.5 Å². The summed E-state index contributed by atoms with van der Waals surface area (Å²) in [6.07, 6.45) is -2.90. The maximum absolute atomic E-state index is 14.0. The molecule has 0 aliphatic heterocycles. The molecule has 6 atom stereocenters. The fraction of sp³-hybridized carbons (Fsp3) is 0.450. The van der Waals surface area contributed by atoms with Gasteiger partial charge in [-0.1, -0.05) is 88.4 Å².